The van der Waals surface area contributed by atoms with Gasteiger partial charge in [0.05, 0.1) is 6.54 Å². The Balaban J connectivity index is 1.64. The summed E-state index contributed by atoms with van der Waals surface area (Å²) in [4.78, 5) is 24.4. The molecule has 1 fully saturated rings. The molecule has 1 unspecified atom stereocenters. The quantitative estimate of drug-likeness (QED) is 0.845. The molecule has 1 saturated heterocycles. The average molecular weight is 337 g/mol. The van der Waals surface area contributed by atoms with E-state index < -0.39 is 0 Å². The zero-order chi connectivity index (χ0) is 17.8. The minimum absolute atomic E-state index is 0.0175. The van der Waals surface area contributed by atoms with Crippen molar-refractivity contribution in [3.8, 4) is 11.9 Å². The van der Waals surface area contributed by atoms with Crippen LogP contribution in [0.2, 0.25) is 0 Å². The van der Waals surface area contributed by atoms with Crippen LogP contribution >= 0.6 is 0 Å². The zero-order valence-electron chi connectivity index (χ0n) is 14.2. The first-order valence-electron chi connectivity index (χ1n) is 8.03. The highest BCUT2D eigenvalue weighted by Crippen LogP contribution is 2.21. The highest BCUT2D eigenvalue weighted by atomic mass is 16.5. The number of nitriles is 1. The Morgan fingerprint density at radius 1 is 1.28 bits per heavy atom. The second-order valence-electron chi connectivity index (χ2n) is 6.04. The summed E-state index contributed by atoms with van der Waals surface area (Å²) in [5.41, 5.74) is 1.86. The van der Waals surface area contributed by atoms with Crippen molar-refractivity contribution in [2.45, 2.75) is 12.5 Å². The number of ether oxygens (including phenoxy) is 1. The van der Waals surface area contributed by atoms with Gasteiger partial charge in [-0.15, -0.1) is 0 Å². The number of hydrogen-bond acceptors (Lipinski definition) is 6. The summed E-state index contributed by atoms with van der Waals surface area (Å²) in [6.45, 7) is 1.08. The van der Waals surface area contributed by atoms with E-state index in [0.717, 1.165) is 5.69 Å². The number of aromatic nitrogens is 2. The van der Waals surface area contributed by atoms with Crippen LogP contribution in [-0.4, -0.2) is 54.1 Å². The summed E-state index contributed by atoms with van der Waals surface area (Å²) in [6.07, 6.45) is 3.45. The number of carbonyl (C=O) groups excluding carboxylic acids is 1. The first-order valence-corrected chi connectivity index (χ1v) is 8.03. The van der Waals surface area contributed by atoms with Crippen LogP contribution in [0.1, 0.15) is 22.5 Å². The number of benzene rings is 1. The molecule has 1 amide bonds. The van der Waals surface area contributed by atoms with E-state index in [0.29, 0.717) is 25.1 Å². The maximum absolute atomic E-state index is 12.6. The fourth-order valence-electron chi connectivity index (χ4n) is 2.74. The van der Waals surface area contributed by atoms with Crippen LogP contribution < -0.4 is 9.64 Å². The molecule has 0 bridgehead atoms. The van der Waals surface area contributed by atoms with Crippen molar-refractivity contribution in [2.75, 3.05) is 32.1 Å². The molecule has 0 saturated carbocycles. The van der Waals surface area contributed by atoms with Crippen LogP contribution in [0.3, 0.4) is 0 Å². The Bertz CT molecular complexity index is 798. The second-order valence-corrected chi connectivity index (χ2v) is 6.04. The topological polar surface area (TPSA) is 82.3 Å². The summed E-state index contributed by atoms with van der Waals surface area (Å²) < 4.78 is 5.77. The van der Waals surface area contributed by atoms with E-state index in [1.807, 2.05) is 49.3 Å². The summed E-state index contributed by atoms with van der Waals surface area (Å²) in [5, 5.41) is 9.04. The van der Waals surface area contributed by atoms with Crippen LogP contribution in [-0.2, 0) is 0 Å². The minimum atomic E-state index is -0.186. The molecular weight excluding hydrogens is 318 g/mol. The molecule has 0 radical (unpaired) electrons. The molecule has 1 aliphatic heterocycles. The van der Waals surface area contributed by atoms with Gasteiger partial charge in [0.15, 0.2) is 0 Å². The van der Waals surface area contributed by atoms with Crippen molar-refractivity contribution >= 4 is 11.6 Å². The van der Waals surface area contributed by atoms with Gasteiger partial charge in [-0.05, 0) is 24.3 Å². The smallest absolute Gasteiger partial charge is 0.253 e. The molecule has 2 heterocycles. The Kier molecular flexibility index (Phi) is 4.80. The Hall–Kier alpha value is -3.14. The van der Waals surface area contributed by atoms with Crippen molar-refractivity contribution in [2.24, 2.45) is 0 Å². The number of likely N-dealkylation sites (tertiary alicyclic amines) is 1. The van der Waals surface area contributed by atoms with Crippen molar-refractivity contribution in [1.29, 1.82) is 5.26 Å². The Morgan fingerprint density at radius 3 is 2.68 bits per heavy atom. The number of rotatable bonds is 4. The van der Waals surface area contributed by atoms with Gasteiger partial charge < -0.3 is 14.5 Å². The Labute approximate surface area is 146 Å². The average Bonchev–Trinajstić information content (AvgIpc) is 3.10. The van der Waals surface area contributed by atoms with Crippen molar-refractivity contribution < 1.29 is 9.53 Å². The first kappa shape index (κ1) is 16.7. The van der Waals surface area contributed by atoms with E-state index >= 15 is 0 Å². The molecule has 1 aromatic heterocycles. The lowest BCUT2D eigenvalue weighted by molar-refractivity contribution is 0.0771. The summed E-state index contributed by atoms with van der Waals surface area (Å²) >= 11 is 0. The van der Waals surface area contributed by atoms with E-state index in [1.54, 1.807) is 4.90 Å². The summed E-state index contributed by atoms with van der Waals surface area (Å²) in [7, 11) is 3.92. The van der Waals surface area contributed by atoms with E-state index in [1.165, 1.54) is 12.4 Å². The third-order valence-corrected chi connectivity index (χ3v) is 4.11. The Morgan fingerprint density at radius 2 is 2.00 bits per heavy atom. The number of nitrogens with zero attached hydrogens (tertiary/aromatic N) is 5. The van der Waals surface area contributed by atoms with E-state index in [4.69, 9.17) is 10.00 Å². The van der Waals surface area contributed by atoms with Gasteiger partial charge in [-0.25, -0.2) is 9.97 Å². The molecule has 1 aliphatic rings. The highest BCUT2D eigenvalue weighted by Gasteiger charge is 2.29. The molecule has 0 aliphatic carbocycles. The molecule has 2 aromatic rings. The van der Waals surface area contributed by atoms with Crippen molar-refractivity contribution in [1.82, 2.24) is 14.9 Å². The lowest BCUT2D eigenvalue weighted by atomic mass is 10.2. The predicted molar refractivity (Wildman–Crippen MR) is 92.5 cm³/mol. The fraction of sp³-hybridized carbons (Fsp3) is 0.333. The number of carbonyl (C=O) groups is 1. The minimum Gasteiger partial charge on any atom is -0.470 e. The van der Waals surface area contributed by atoms with Gasteiger partial charge >= 0.3 is 0 Å². The van der Waals surface area contributed by atoms with E-state index in [2.05, 4.69) is 9.97 Å². The molecule has 1 atom stereocenters. The molecular formula is C18H19N5O2. The van der Waals surface area contributed by atoms with E-state index in [9.17, 15) is 4.79 Å². The normalized spacial score (nSPS) is 16.4. The lowest BCUT2D eigenvalue weighted by Crippen LogP contribution is -2.31. The van der Waals surface area contributed by atoms with Gasteiger partial charge in [-0.2, -0.15) is 5.26 Å². The highest BCUT2D eigenvalue weighted by molar-refractivity contribution is 5.94. The van der Waals surface area contributed by atoms with Crippen molar-refractivity contribution in [3.05, 3.63) is 47.9 Å². The molecule has 0 N–H and O–H groups in total. The maximum atomic E-state index is 12.6. The molecule has 25 heavy (non-hydrogen) atoms. The van der Waals surface area contributed by atoms with Gasteiger partial charge in [-0.3, -0.25) is 4.79 Å². The predicted octanol–water partition coefficient (Wildman–Crippen LogP) is 1.71. The van der Waals surface area contributed by atoms with Gasteiger partial charge in [0.2, 0.25) is 5.69 Å². The van der Waals surface area contributed by atoms with Crippen LogP contribution in [0.25, 0.3) is 0 Å². The van der Waals surface area contributed by atoms with Crippen molar-refractivity contribution in [3.63, 3.8) is 0 Å². The summed E-state index contributed by atoms with van der Waals surface area (Å²) in [6, 6.07) is 9.49. The van der Waals surface area contributed by atoms with Gasteiger partial charge in [0.1, 0.15) is 12.2 Å². The number of hydrogen-bond donors (Lipinski definition) is 0. The largest absolute Gasteiger partial charge is 0.470 e. The number of amides is 1. The van der Waals surface area contributed by atoms with Crippen LogP contribution in [0.5, 0.6) is 5.88 Å². The fourth-order valence-corrected chi connectivity index (χ4v) is 2.74. The molecule has 128 valence electrons. The SMILES string of the molecule is CN(C)c1ccc(C(=O)N2CCC(Oc3nccnc3C#N)C2)cc1. The maximum Gasteiger partial charge on any atom is 0.253 e. The van der Waals surface area contributed by atoms with Gasteiger partial charge in [0, 0.05) is 50.7 Å². The number of anilines is 1. The van der Waals surface area contributed by atoms with Gasteiger partial charge in [0.25, 0.3) is 11.8 Å². The second kappa shape index (κ2) is 7.18. The molecule has 7 nitrogen and oxygen atoms in total. The zero-order valence-corrected chi connectivity index (χ0v) is 14.2. The van der Waals surface area contributed by atoms with Crippen LogP contribution in [0, 0.1) is 11.3 Å². The van der Waals surface area contributed by atoms with Crippen LogP contribution in [0.15, 0.2) is 36.7 Å². The molecule has 3 rings (SSSR count). The third kappa shape index (κ3) is 3.69. The monoisotopic (exact) mass is 337 g/mol. The summed E-state index contributed by atoms with van der Waals surface area (Å²) in [5.74, 6) is 0.204. The molecule has 7 heteroatoms. The standard InChI is InChI=1S/C18H19N5O2/c1-22(2)14-5-3-13(4-6-14)18(24)23-10-7-15(12-23)25-17-16(11-19)20-8-9-21-17/h3-6,8-9,15H,7,10,12H2,1-2H3. The third-order valence-electron chi connectivity index (χ3n) is 4.11. The van der Waals surface area contributed by atoms with Gasteiger partial charge in [-0.1, -0.05) is 0 Å². The molecule has 1 aromatic carbocycles. The lowest BCUT2D eigenvalue weighted by Gasteiger charge is -2.18. The van der Waals surface area contributed by atoms with E-state index in [-0.39, 0.29) is 23.6 Å². The first-order chi connectivity index (χ1) is 12.1. The molecule has 0 spiro atoms. The van der Waals surface area contributed by atoms with Crippen LogP contribution in [0.4, 0.5) is 5.69 Å².